The number of hydrogen-bond acceptors (Lipinski definition) is 3. The molecule has 16 heavy (non-hydrogen) atoms. The SMILES string of the molecule is OCCC1CCN(CC2CCOCC2)CC1. The summed E-state index contributed by atoms with van der Waals surface area (Å²) in [6.45, 7) is 6.04. The summed E-state index contributed by atoms with van der Waals surface area (Å²) in [6.07, 6.45) is 6.06. The topological polar surface area (TPSA) is 32.7 Å². The van der Waals surface area contributed by atoms with Crippen molar-refractivity contribution in [3.05, 3.63) is 0 Å². The van der Waals surface area contributed by atoms with Crippen molar-refractivity contribution in [2.75, 3.05) is 39.5 Å². The maximum atomic E-state index is 8.92. The first kappa shape index (κ1) is 12.3. The zero-order chi connectivity index (χ0) is 11.2. The predicted molar refractivity (Wildman–Crippen MR) is 64.4 cm³/mol. The molecule has 0 atom stereocenters. The second-order valence-corrected chi connectivity index (χ2v) is 5.31. The standard InChI is InChI=1S/C13H25NO2/c15-8-3-12-1-6-14(7-2-12)11-13-4-9-16-10-5-13/h12-13,15H,1-11H2. The van der Waals surface area contributed by atoms with Crippen LogP contribution in [-0.4, -0.2) is 49.5 Å². The Hall–Kier alpha value is -0.120. The summed E-state index contributed by atoms with van der Waals surface area (Å²) in [5.41, 5.74) is 0. The van der Waals surface area contributed by atoms with Crippen molar-refractivity contribution in [3.8, 4) is 0 Å². The molecule has 3 heteroatoms. The third-order valence-corrected chi connectivity index (χ3v) is 4.10. The molecule has 0 amide bonds. The van der Waals surface area contributed by atoms with Crippen LogP contribution in [0.15, 0.2) is 0 Å². The third kappa shape index (κ3) is 3.72. The predicted octanol–water partition coefficient (Wildman–Crippen LogP) is 1.51. The highest BCUT2D eigenvalue weighted by atomic mass is 16.5. The quantitative estimate of drug-likeness (QED) is 0.790. The minimum Gasteiger partial charge on any atom is -0.396 e. The van der Waals surface area contributed by atoms with Crippen LogP contribution in [0, 0.1) is 11.8 Å². The van der Waals surface area contributed by atoms with E-state index in [-0.39, 0.29) is 0 Å². The molecule has 0 aromatic heterocycles. The molecule has 2 rings (SSSR count). The molecule has 3 nitrogen and oxygen atoms in total. The van der Waals surface area contributed by atoms with Gasteiger partial charge in [-0.3, -0.25) is 0 Å². The number of nitrogens with zero attached hydrogens (tertiary/aromatic N) is 1. The maximum absolute atomic E-state index is 8.92. The van der Waals surface area contributed by atoms with Gasteiger partial charge in [-0.25, -0.2) is 0 Å². The Labute approximate surface area is 98.8 Å². The number of likely N-dealkylation sites (tertiary alicyclic amines) is 1. The van der Waals surface area contributed by atoms with Crippen molar-refractivity contribution in [1.29, 1.82) is 0 Å². The lowest BCUT2D eigenvalue weighted by atomic mass is 9.92. The van der Waals surface area contributed by atoms with E-state index < -0.39 is 0 Å². The zero-order valence-corrected chi connectivity index (χ0v) is 10.2. The van der Waals surface area contributed by atoms with Gasteiger partial charge >= 0.3 is 0 Å². The van der Waals surface area contributed by atoms with E-state index in [2.05, 4.69) is 4.90 Å². The summed E-state index contributed by atoms with van der Waals surface area (Å²) in [5, 5.41) is 8.92. The van der Waals surface area contributed by atoms with Gasteiger partial charge in [-0.15, -0.1) is 0 Å². The van der Waals surface area contributed by atoms with E-state index in [0.717, 1.165) is 31.5 Å². The highest BCUT2D eigenvalue weighted by Gasteiger charge is 2.22. The van der Waals surface area contributed by atoms with Crippen molar-refractivity contribution in [2.45, 2.75) is 32.1 Å². The van der Waals surface area contributed by atoms with Crippen molar-refractivity contribution in [2.24, 2.45) is 11.8 Å². The Bertz CT molecular complexity index is 184. The van der Waals surface area contributed by atoms with Gasteiger partial charge in [0.05, 0.1) is 0 Å². The van der Waals surface area contributed by atoms with Crippen LogP contribution in [0.1, 0.15) is 32.1 Å². The monoisotopic (exact) mass is 227 g/mol. The fraction of sp³-hybridized carbons (Fsp3) is 1.00. The van der Waals surface area contributed by atoms with Crippen LogP contribution in [0.3, 0.4) is 0 Å². The number of piperidine rings is 1. The van der Waals surface area contributed by atoms with E-state index in [1.165, 1.54) is 45.3 Å². The van der Waals surface area contributed by atoms with Gasteiger partial charge < -0.3 is 14.7 Å². The van der Waals surface area contributed by atoms with Gasteiger partial charge in [0.1, 0.15) is 0 Å². The highest BCUT2D eigenvalue weighted by Crippen LogP contribution is 2.23. The van der Waals surface area contributed by atoms with E-state index in [4.69, 9.17) is 9.84 Å². The molecule has 0 bridgehead atoms. The smallest absolute Gasteiger partial charge is 0.0469 e. The van der Waals surface area contributed by atoms with E-state index in [1.807, 2.05) is 0 Å². The van der Waals surface area contributed by atoms with Crippen LogP contribution in [0.5, 0.6) is 0 Å². The molecule has 2 aliphatic rings. The number of hydrogen-bond donors (Lipinski definition) is 1. The first-order chi connectivity index (χ1) is 7.88. The van der Waals surface area contributed by atoms with E-state index in [0.29, 0.717) is 6.61 Å². The van der Waals surface area contributed by atoms with Crippen molar-refractivity contribution in [3.63, 3.8) is 0 Å². The summed E-state index contributed by atoms with van der Waals surface area (Å²) in [6, 6.07) is 0. The first-order valence-electron chi connectivity index (χ1n) is 6.79. The van der Waals surface area contributed by atoms with Crippen LogP contribution in [0.2, 0.25) is 0 Å². The molecule has 0 aromatic rings. The van der Waals surface area contributed by atoms with Gasteiger partial charge in [-0.1, -0.05) is 0 Å². The minimum absolute atomic E-state index is 0.366. The Morgan fingerprint density at radius 2 is 1.69 bits per heavy atom. The van der Waals surface area contributed by atoms with Crippen LogP contribution < -0.4 is 0 Å². The Morgan fingerprint density at radius 1 is 1.00 bits per heavy atom. The lowest BCUT2D eigenvalue weighted by molar-refractivity contribution is 0.0457. The normalized spacial score (nSPS) is 26.1. The zero-order valence-electron chi connectivity index (χ0n) is 10.2. The van der Waals surface area contributed by atoms with E-state index >= 15 is 0 Å². The van der Waals surface area contributed by atoms with Gasteiger partial charge in [0, 0.05) is 26.4 Å². The van der Waals surface area contributed by atoms with Gasteiger partial charge in [0.2, 0.25) is 0 Å². The average molecular weight is 227 g/mol. The molecule has 0 aliphatic carbocycles. The largest absolute Gasteiger partial charge is 0.396 e. The Kier molecular flexibility index (Phi) is 5.07. The summed E-state index contributed by atoms with van der Waals surface area (Å²) < 4.78 is 5.39. The molecule has 2 fully saturated rings. The van der Waals surface area contributed by atoms with E-state index in [1.54, 1.807) is 0 Å². The molecular weight excluding hydrogens is 202 g/mol. The highest BCUT2D eigenvalue weighted by molar-refractivity contribution is 4.75. The summed E-state index contributed by atoms with van der Waals surface area (Å²) in [4.78, 5) is 2.61. The molecular formula is C13H25NO2. The van der Waals surface area contributed by atoms with E-state index in [9.17, 15) is 0 Å². The lowest BCUT2D eigenvalue weighted by Gasteiger charge is -2.35. The molecule has 0 aromatic carbocycles. The molecule has 0 saturated carbocycles. The number of rotatable bonds is 4. The van der Waals surface area contributed by atoms with Crippen LogP contribution in [-0.2, 0) is 4.74 Å². The second-order valence-electron chi connectivity index (χ2n) is 5.31. The van der Waals surface area contributed by atoms with Crippen molar-refractivity contribution >= 4 is 0 Å². The molecule has 1 N–H and O–H groups in total. The summed E-state index contributed by atoms with van der Waals surface area (Å²) in [7, 11) is 0. The molecule has 2 heterocycles. The van der Waals surface area contributed by atoms with Gasteiger partial charge in [-0.2, -0.15) is 0 Å². The second kappa shape index (κ2) is 6.58. The Morgan fingerprint density at radius 3 is 2.31 bits per heavy atom. The van der Waals surface area contributed by atoms with Gasteiger partial charge in [0.15, 0.2) is 0 Å². The molecule has 0 unspecified atom stereocenters. The fourth-order valence-electron chi connectivity index (χ4n) is 2.93. The molecule has 0 radical (unpaired) electrons. The van der Waals surface area contributed by atoms with Crippen LogP contribution >= 0.6 is 0 Å². The minimum atomic E-state index is 0.366. The van der Waals surface area contributed by atoms with Crippen molar-refractivity contribution < 1.29 is 9.84 Å². The third-order valence-electron chi connectivity index (χ3n) is 4.10. The van der Waals surface area contributed by atoms with Crippen LogP contribution in [0.25, 0.3) is 0 Å². The number of aliphatic hydroxyl groups excluding tert-OH is 1. The fourth-order valence-corrected chi connectivity index (χ4v) is 2.93. The summed E-state index contributed by atoms with van der Waals surface area (Å²) in [5.74, 6) is 1.64. The molecule has 2 saturated heterocycles. The maximum Gasteiger partial charge on any atom is 0.0469 e. The average Bonchev–Trinajstić information content (AvgIpc) is 2.33. The van der Waals surface area contributed by atoms with Crippen molar-refractivity contribution in [1.82, 2.24) is 4.90 Å². The van der Waals surface area contributed by atoms with Gasteiger partial charge in [0.25, 0.3) is 0 Å². The number of aliphatic hydroxyl groups is 1. The number of ether oxygens (including phenoxy) is 1. The first-order valence-corrected chi connectivity index (χ1v) is 6.79. The molecule has 0 spiro atoms. The summed E-state index contributed by atoms with van der Waals surface area (Å²) >= 11 is 0. The van der Waals surface area contributed by atoms with Gasteiger partial charge in [-0.05, 0) is 57.0 Å². The molecule has 94 valence electrons. The Balaban J connectivity index is 1.64. The lowest BCUT2D eigenvalue weighted by Crippen LogP contribution is -2.38. The molecule has 2 aliphatic heterocycles. The van der Waals surface area contributed by atoms with Crippen LogP contribution in [0.4, 0.5) is 0 Å².